The molecule has 2 rings (SSSR count). The van der Waals surface area contributed by atoms with E-state index < -0.39 is 12.0 Å². The van der Waals surface area contributed by atoms with E-state index in [1.54, 1.807) is 0 Å². The number of benzene rings is 1. The van der Waals surface area contributed by atoms with Gasteiger partial charge < -0.3 is 15.7 Å². The zero-order valence-corrected chi connectivity index (χ0v) is 10.9. The summed E-state index contributed by atoms with van der Waals surface area (Å²) in [6.07, 6.45) is 0. The summed E-state index contributed by atoms with van der Waals surface area (Å²) >= 11 is 7.24. The first-order valence-electron chi connectivity index (χ1n) is 5.16. The molecule has 0 saturated carbocycles. The number of carbonyl (C=O) groups is 2. The highest BCUT2D eigenvalue weighted by Gasteiger charge is 2.35. The molecule has 96 valence electrons. The Kier molecular flexibility index (Phi) is 3.68. The van der Waals surface area contributed by atoms with Crippen LogP contribution in [0.1, 0.15) is 10.4 Å². The van der Waals surface area contributed by atoms with Crippen LogP contribution in [0.4, 0.5) is 5.69 Å². The molecule has 3 N–H and O–H groups in total. The smallest absolute Gasteiger partial charge is 0.327 e. The Hall–Kier alpha value is -1.40. The van der Waals surface area contributed by atoms with Gasteiger partial charge in [-0.2, -0.15) is 0 Å². The maximum absolute atomic E-state index is 12.2. The van der Waals surface area contributed by atoms with E-state index in [-0.39, 0.29) is 5.91 Å². The first-order valence-corrected chi connectivity index (χ1v) is 6.70. The van der Waals surface area contributed by atoms with E-state index in [0.717, 1.165) is 0 Å². The van der Waals surface area contributed by atoms with Crippen LogP contribution >= 0.6 is 23.4 Å². The van der Waals surface area contributed by atoms with Crippen molar-refractivity contribution in [1.29, 1.82) is 0 Å². The van der Waals surface area contributed by atoms with E-state index >= 15 is 0 Å². The molecule has 5 nitrogen and oxygen atoms in total. The first-order chi connectivity index (χ1) is 8.49. The topological polar surface area (TPSA) is 83.6 Å². The fraction of sp³-hybridized carbons (Fsp3) is 0.273. The molecular weight excluding hydrogens is 276 g/mol. The average molecular weight is 287 g/mol. The van der Waals surface area contributed by atoms with Crippen molar-refractivity contribution in [2.75, 3.05) is 17.4 Å². The van der Waals surface area contributed by atoms with Gasteiger partial charge in [-0.05, 0) is 18.2 Å². The summed E-state index contributed by atoms with van der Waals surface area (Å²) < 4.78 is 0. The van der Waals surface area contributed by atoms with Crippen LogP contribution in [0.25, 0.3) is 0 Å². The van der Waals surface area contributed by atoms with Gasteiger partial charge in [-0.15, -0.1) is 11.8 Å². The summed E-state index contributed by atoms with van der Waals surface area (Å²) in [5, 5.41) is 9.39. The van der Waals surface area contributed by atoms with Crippen LogP contribution in [0.15, 0.2) is 18.2 Å². The lowest BCUT2D eigenvalue weighted by Crippen LogP contribution is -2.41. The number of nitrogens with zero attached hydrogens (tertiary/aromatic N) is 1. The van der Waals surface area contributed by atoms with Crippen molar-refractivity contribution in [2.24, 2.45) is 0 Å². The number of anilines is 1. The summed E-state index contributed by atoms with van der Waals surface area (Å²) in [4.78, 5) is 24.5. The minimum atomic E-state index is -0.997. The highest BCUT2D eigenvalue weighted by atomic mass is 35.5. The number of carboxylic acids is 1. The Morgan fingerprint density at radius 3 is 2.78 bits per heavy atom. The number of amides is 1. The Morgan fingerprint density at radius 2 is 2.17 bits per heavy atom. The van der Waals surface area contributed by atoms with Crippen molar-refractivity contribution < 1.29 is 14.7 Å². The van der Waals surface area contributed by atoms with Gasteiger partial charge in [0.1, 0.15) is 6.04 Å². The van der Waals surface area contributed by atoms with Crippen LogP contribution in [0.5, 0.6) is 0 Å². The van der Waals surface area contributed by atoms with Crippen LogP contribution in [0, 0.1) is 0 Å². The summed E-state index contributed by atoms with van der Waals surface area (Å²) in [6.45, 7) is 0. The lowest BCUT2D eigenvalue weighted by atomic mass is 10.1. The Balaban J connectivity index is 2.28. The van der Waals surface area contributed by atoms with Gasteiger partial charge in [-0.25, -0.2) is 4.79 Å². The predicted octanol–water partition coefficient (Wildman–Crippen LogP) is 1.52. The van der Waals surface area contributed by atoms with Crippen LogP contribution < -0.4 is 5.73 Å². The minimum absolute atomic E-state index is 0.314. The highest BCUT2D eigenvalue weighted by Crippen LogP contribution is 2.25. The van der Waals surface area contributed by atoms with E-state index in [0.29, 0.717) is 27.9 Å². The largest absolute Gasteiger partial charge is 0.480 e. The van der Waals surface area contributed by atoms with Gasteiger partial charge in [-0.1, -0.05) is 11.6 Å². The lowest BCUT2D eigenvalue weighted by molar-refractivity contribution is -0.140. The molecule has 1 aromatic rings. The van der Waals surface area contributed by atoms with Crippen LogP contribution in [0.2, 0.25) is 5.02 Å². The van der Waals surface area contributed by atoms with Crippen LogP contribution in [-0.2, 0) is 4.79 Å². The average Bonchev–Trinajstić information content (AvgIpc) is 2.75. The Labute approximate surface area is 113 Å². The van der Waals surface area contributed by atoms with Gasteiger partial charge in [0.05, 0.1) is 5.88 Å². The molecule has 1 unspecified atom stereocenters. The normalized spacial score (nSPS) is 18.9. The van der Waals surface area contributed by atoms with Gasteiger partial charge in [0.25, 0.3) is 5.91 Å². The molecule has 1 fully saturated rings. The molecule has 18 heavy (non-hydrogen) atoms. The summed E-state index contributed by atoms with van der Waals surface area (Å²) in [5.74, 6) is -0.593. The second-order valence-corrected chi connectivity index (χ2v) is 5.34. The standard InChI is InChI=1S/C11H11ClN2O3S/c12-7-1-6(2-8(13)3-7)10(15)14-5-18-4-9(14)11(16)17/h1-3,9H,4-5,13H2,(H,16,17). The fourth-order valence-electron chi connectivity index (χ4n) is 1.75. The highest BCUT2D eigenvalue weighted by molar-refractivity contribution is 7.99. The maximum Gasteiger partial charge on any atom is 0.327 e. The van der Waals surface area contributed by atoms with E-state index in [9.17, 15) is 9.59 Å². The molecule has 7 heteroatoms. The third-order valence-electron chi connectivity index (χ3n) is 2.60. The molecule has 0 spiro atoms. The van der Waals surface area contributed by atoms with Gasteiger partial charge in [0.2, 0.25) is 0 Å². The summed E-state index contributed by atoms with van der Waals surface area (Å²) in [5.41, 5.74) is 6.31. The number of hydrogen-bond donors (Lipinski definition) is 2. The van der Waals surface area contributed by atoms with Crippen molar-refractivity contribution >= 4 is 40.9 Å². The number of halogens is 1. The van der Waals surface area contributed by atoms with Crippen LogP contribution in [0.3, 0.4) is 0 Å². The molecule has 1 heterocycles. The van der Waals surface area contributed by atoms with E-state index in [2.05, 4.69) is 0 Å². The molecule has 1 atom stereocenters. The van der Waals surface area contributed by atoms with Crippen molar-refractivity contribution in [1.82, 2.24) is 4.90 Å². The number of carbonyl (C=O) groups excluding carboxylic acids is 1. The number of nitrogens with two attached hydrogens (primary N) is 1. The number of aliphatic carboxylic acids is 1. The second kappa shape index (κ2) is 5.07. The molecule has 1 aliphatic rings. The van der Waals surface area contributed by atoms with Crippen molar-refractivity contribution in [3.05, 3.63) is 28.8 Å². The number of hydrogen-bond acceptors (Lipinski definition) is 4. The number of carboxylic acid groups (broad SMARTS) is 1. The maximum atomic E-state index is 12.2. The third-order valence-corrected chi connectivity index (χ3v) is 3.83. The monoisotopic (exact) mass is 286 g/mol. The summed E-state index contributed by atoms with van der Waals surface area (Å²) in [7, 11) is 0. The first kappa shape index (κ1) is 13.0. The number of rotatable bonds is 2. The summed E-state index contributed by atoms with van der Waals surface area (Å²) in [6, 6.07) is 3.73. The molecule has 1 amide bonds. The molecule has 0 aliphatic carbocycles. The number of thioether (sulfide) groups is 1. The predicted molar refractivity (Wildman–Crippen MR) is 70.8 cm³/mol. The SMILES string of the molecule is Nc1cc(Cl)cc(C(=O)N2CSCC2C(=O)O)c1. The van der Waals surface area contributed by atoms with Gasteiger partial charge in [0, 0.05) is 22.0 Å². The van der Waals surface area contributed by atoms with Crippen molar-refractivity contribution in [3.63, 3.8) is 0 Å². The zero-order chi connectivity index (χ0) is 13.3. The fourth-order valence-corrected chi connectivity index (χ4v) is 3.14. The minimum Gasteiger partial charge on any atom is -0.480 e. The van der Waals surface area contributed by atoms with Gasteiger partial charge in [0.15, 0.2) is 0 Å². The molecular formula is C11H11ClN2O3S. The quantitative estimate of drug-likeness (QED) is 0.806. The van der Waals surface area contributed by atoms with E-state index in [4.69, 9.17) is 22.4 Å². The van der Waals surface area contributed by atoms with E-state index in [1.807, 2.05) is 0 Å². The third kappa shape index (κ3) is 2.54. The van der Waals surface area contributed by atoms with Crippen LogP contribution in [-0.4, -0.2) is 39.6 Å². The zero-order valence-electron chi connectivity index (χ0n) is 9.30. The second-order valence-electron chi connectivity index (χ2n) is 3.90. The number of nitrogen functional groups attached to an aromatic ring is 1. The van der Waals surface area contributed by atoms with Crippen molar-refractivity contribution in [3.8, 4) is 0 Å². The Bertz CT molecular complexity index is 489. The lowest BCUT2D eigenvalue weighted by Gasteiger charge is -2.20. The van der Waals surface area contributed by atoms with Crippen molar-refractivity contribution in [2.45, 2.75) is 6.04 Å². The molecule has 0 radical (unpaired) electrons. The molecule has 1 aromatic carbocycles. The van der Waals surface area contributed by atoms with Gasteiger partial charge >= 0.3 is 5.97 Å². The van der Waals surface area contributed by atoms with Gasteiger partial charge in [-0.3, -0.25) is 4.79 Å². The molecule has 1 saturated heterocycles. The molecule has 0 bridgehead atoms. The Morgan fingerprint density at radius 1 is 1.44 bits per heavy atom. The molecule has 1 aliphatic heterocycles. The molecule has 0 aromatic heterocycles. The van der Waals surface area contributed by atoms with E-state index in [1.165, 1.54) is 34.9 Å².